The highest BCUT2D eigenvalue weighted by atomic mass is 79.9. The molecule has 0 aliphatic carbocycles. The zero-order valence-electron chi connectivity index (χ0n) is 11.7. The first-order chi connectivity index (χ1) is 9.61. The van der Waals surface area contributed by atoms with Crippen LogP contribution in [0.4, 0.5) is 13.2 Å². The van der Waals surface area contributed by atoms with Gasteiger partial charge in [-0.25, -0.2) is 0 Å². The molecule has 0 radical (unpaired) electrons. The van der Waals surface area contributed by atoms with Gasteiger partial charge in [-0.2, -0.15) is 18.3 Å². The number of halogens is 4. The van der Waals surface area contributed by atoms with Crippen molar-refractivity contribution in [2.24, 2.45) is 7.05 Å². The lowest BCUT2D eigenvalue weighted by Crippen LogP contribution is -2.48. The third kappa shape index (κ3) is 3.23. The van der Waals surface area contributed by atoms with E-state index in [9.17, 15) is 18.0 Å². The van der Waals surface area contributed by atoms with E-state index >= 15 is 0 Å². The van der Waals surface area contributed by atoms with Gasteiger partial charge in [-0.15, -0.1) is 0 Å². The summed E-state index contributed by atoms with van der Waals surface area (Å²) in [6.07, 6.45) is -4.93. The maximum atomic E-state index is 12.8. The molecule has 0 spiro atoms. The van der Waals surface area contributed by atoms with Crippen molar-refractivity contribution in [1.29, 1.82) is 0 Å². The monoisotopic (exact) mass is 369 g/mol. The molecule has 0 bridgehead atoms. The predicted octanol–water partition coefficient (Wildman–Crippen LogP) is 2.45. The molecule has 0 unspecified atom stereocenters. The largest absolute Gasteiger partial charge is 0.436 e. The van der Waals surface area contributed by atoms with Crippen molar-refractivity contribution in [2.45, 2.75) is 32.2 Å². The molecule has 0 aromatic carbocycles. The molecule has 1 aliphatic heterocycles. The molecule has 5 nitrogen and oxygen atoms in total. The van der Waals surface area contributed by atoms with Crippen LogP contribution in [-0.4, -0.2) is 45.9 Å². The van der Waals surface area contributed by atoms with E-state index in [4.69, 9.17) is 4.74 Å². The van der Waals surface area contributed by atoms with Crippen molar-refractivity contribution >= 4 is 21.8 Å². The van der Waals surface area contributed by atoms with Crippen LogP contribution in [-0.2, 0) is 18.0 Å². The SMILES string of the molecule is C[C@@H]1CN(C(=O)c2c(Br)c(C(F)(F)F)nn2C)C[C@@H](C)O1. The Morgan fingerprint density at radius 3 is 2.29 bits per heavy atom. The minimum atomic E-state index is -4.61. The summed E-state index contributed by atoms with van der Waals surface area (Å²) >= 11 is 2.85. The minimum absolute atomic E-state index is 0.108. The minimum Gasteiger partial charge on any atom is -0.372 e. The van der Waals surface area contributed by atoms with E-state index in [2.05, 4.69) is 21.0 Å². The van der Waals surface area contributed by atoms with Crippen LogP contribution in [0, 0.1) is 0 Å². The highest BCUT2D eigenvalue weighted by molar-refractivity contribution is 9.10. The molecule has 2 atom stereocenters. The van der Waals surface area contributed by atoms with Gasteiger partial charge in [0.1, 0.15) is 5.69 Å². The molecular weight excluding hydrogens is 355 g/mol. The third-order valence-electron chi connectivity index (χ3n) is 3.17. The molecule has 0 saturated carbocycles. The standard InChI is InChI=1S/C12H15BrF3N3O2/c1-6-4-19(5-7(2)21-6)11(20)9-8(13)10(12(14,15)16)17-18(9)3/h6-7H,4-5H2,1-3H3/t6-,7-/m1/s1. The smallest absolute Gasteiger partial charge is 0.372 e. The van der Waals surface area contributed by atoms with Gasteiger partial charge >= 0.3 is 6.18 Å². The Bertz CT molecular complexity index is 549. The molecule has 118 valence electrons. The van der Waals surface area contributed by atoms with Crippen molar-refractivity contribution in [3.63, 3.8) is 0 Å². The number of carbonyl (C=O) groups excluding carboxylic acids is 1. The summed E-state index contributed by atoms with van der Waals surface area (Å²) in [6, 6.07) is 0. The normalized spacial score (nSPS) is 23.5. The van der Waals surface area contributed by atoms with Crippen LogP contribution < -0.4 is 0 Å². The average molecular weight is 370 g/mol. The molecule has 2 rings (SSSR count). The van der Waals surface area contributed by atoms with Gasteiger partial charge in [0.25, 0.3) is 5.91 Å². The first kappa shape index (κ1) is 16.3. The van der Waals surface area contributed by atoms with Crippen LogP contribution in [0.25, 0.3) is 0 Å². The fourth-order valence-corrected chi connectivity index (χ4v) is 3.14. The van der Waals surface area contributed by atoms with Gasteiger partial charge in [-0.3, -0.25) is 9.48 Å². The van der Waals surface area contributed by atoms with Crippen molar-refractivity contribution in [3.8, 4) is 0 Å². The van der Waals surface area contributed by atoms with Crippen LogP contribution in [0.1, 0.15) is 30.0 Å². The van der Waals surface area contributed by atoms with Gasteiger partial charge in [0, 0.05) is 20.1 Å². The quantitative estimate of drug-likeness (QED) is 0.763. The number of hydrogen-bond donors (Lipinski definition) is 0. The molecule has 2 heterocycles. The highest BCUT2D eigenvalue weighted by Crippen LogP contribution is 2.36. The van der Waals surface area contributed by atoms with Crippen LogP contribution in [0.15, 0.2) is 4.47 Å². The van der Waals surface area contributed by atoms with Gasteiger partial charge < -0.3 is 9.64 Å². The number of amides is 1. The van der Waals surface area contributed by atoms with Gasteiger partial charge in [0.05, 0.1) is 16.7 Å². The van der Waals surface area contributed by atoms with Crippen LogP contribution in [0.2, 0.25) is 0 Å². The van der Waals surface area contributed by atoms with Gasteiger partial charge in [-0.05, 0) is 29.8 Å². The molecule has 1 amide bonds. The molecule has 0 N–H and O–H groups in total. The Labute approximate surface area is 128 Å². The Balaban J connectivity index is 2.34. The number of aromatic nitrogens is 2. The summed E-state index contributed by atoms with van der Waals surface area (Å²) in [7, 11) is 1.32. The second-order valence-corrected chi connectivity index (χ2v) is 5.89. The van der Waals surface area contributed by atoms with E-state index < -0.39 is 17.8 Å². The Hall–Kier alpha value is -1.09. The Morgan fingerprint density at radius 2 is 1.86 bits per heavy atom. The fraction of sp³-hybridized carbons (Fsp3) is 0.667. The second-order valence-electron chi connectivity index (χ2n) is 5.10. The number of rotatable bonds is 1. The molecule has 1 saturated heterocycles. The predicted molar refractivity (Wildman–Crippen MR) is 71.8 cm³/mol. The Morgan fingerprint density at radius 1 is 1.33 bits per heavy atom. The number of morpholine rings is 1. The van der Waals surface area contributed by atoms with E-state index in [1.807, 2.05) is 13.8 Å². The maximum Gasteiger partial charge on any atom is 0.436 e. The van der Waals surface area contributed by atoms with E-state index in [0.717, 1.165) is 4.68 Å². The molecular formula is C12H15BrF3N3O2. The zero-order valence-corrected chi connectivity index (χ0v) is 13.3. The summed E-state index contributed by atoms with van der Waals surface area (Å²) in [5.41, 5.74) is -1.20. The number of alkyl halides is 3. The zero-order chi connectivity index (χ0) is 15.9. The molecule has 1 aliphatic rings. The van der Waals surface area contributed by atoms with Gasteiger partial charge in [0.15, 0.2) is 5.69 Å². The van der Waals surface area contributed by atoms with Crippen LogP contribution in [0.3, 0.4) is 0 Å². The molecule has 1 aromatic rings. The van der Waals surface area contributed by atoms with Crippen molar-refractivity contribution in [2.75, 3.05) is 13.1 Å². The highest BCUT2D eigenvalue weighted by Gasteiger charge is 2.40. The number of carbonyl (C=O) groups is 1. The summed E-state index contributed by atoms with van der Waals surface area (Å²) in [5.74, 6) is -0.491. The molecule has 21 heavy (non-hydrogen) atoms. The van der Waals surface area contributed by atoms with Gasteiger partial charge in [-0.1, -0.05) is 0 Å². The Kier molecular flexibility index (Phi) is 4.34. The topological polar surface area (TPSA) is 47.4 Å². The number of hydrogen-bond acceptors (Lipinski definition) is 3. The number of aryl methyl sites for hydroxylation is 1. The summed E-state index contributed by atoms with van der Waals surface area (Å²) in [5, 5.41) is 3.40. The first-order valence-electron chi connectivity index (χ1n) is 6.35. The lowest BCUT2D eigenvalue weighted by atomic mass is 10.2. The van der Waals surface area contributed by atoms with Crippen molar-refractivity contribution in [3.05, 3.63) is 15.9 Å². The van der Waals surface area contributed by atoms with E-state index in [0.29, 0.717) is 13.1 Å². The first-order valence-corrected chi connectivity index (χ1v) is 7.15. The van der Waals surface area contributed by atoms with Gasteiger partial charge in [0.2, 0.25) is 0 Å². The van der Waals surface area contributed by atoms with E-state index in [-0.39, 0.29) is 22.4 Å². The van der Waals surface area contributed by atoms with Crippen LogP contribution in [0.5, 0.6) is 0 Å². The summed E-state index contributed by atoms with van der Waals surface area (Å²) in [6.45, 7) is 4.30. The summed E-state index contributed by atoms with van der Waals surface area (Å²) < 4.78 is 44.6. The number of nitrogens with zero attached hydrogens (tertiary/aromatic N) is 3. The van der Waals surface area contributed by atoms with E-state index in [1.54, 1.807) is 0 Å². The second kappa shape index (κ2) is 5.60. The lowest BCUT2D eigenvalue weighted by molar-refractivity contribution is -0.142. The molecule has 1 fully saturated rings. The fourth-order valence-electron chi connectivity index (χ4n) is 2.41. The number of ether oxygens (including phenoxy) is 1. The van der Waals surface area contributed by atoms with Crippen molar-refractivity contribution < 1.29 is 22.7 Å². The molecule has 1 aromatic heterocycles. The van der Waals surface area contributed by atoms with Crippen LogP contribution >= 0.6 is 15.9 Å². The van der Waals surface area contributed by atoms with E-state index in [1.165, 1.54) is 11.9 Å². The lowest BCUT2D eigenvalue weighted by Gasteiger charge is -2.35. The van der Waals surface area contributed by atoms with Crippen molar-refractivity contribution in [1.82, 2.24) is 14.7 Å². The summed E-state index contributed by atoms with van der Waals surface area (Å²) in [4.78, 5) is 14.0. The average Bonchev–Trinajstić information content (AvgIpc) is 2.62. The maximum absolute atomic E-state index is 12.8. The third-order valence-corrected chi connectivity index (χ3v) is 3.92. The molecule has 9 heteroatoms.